The predicted octanol–water partition coefficient (Wildman–Crippen LogP) is 2.33. The first-order valence-electron chi connectivity index (χ1n) is 5.84. The van der Waals surface area contributed by atoms with E-state index in [1.807, 2.05) is 0 Å². The van der Waals surface area contributed by atoms with Crippen molar-refractivity contribution in [3.8, 4) is 5.75 Å². The summed E-state index contributed by atoms with van der Waals surface area (Å²) >= 11 is 0. The van der Waals surface area contributed by atoms with Crippen LogP contribution in [0.2, 0.25) is 0 Å². The van der Waals surface area contributed by atoms with Gasteiger partial charge in [-0.05, 0) is 25.1 Å². The van der Waals surface area contributed by atoms with Crippen LogP contribution in [0.5, 0.6) is 5.75 Å². The number of nitrogens with zero attached hydrogens (tertiary/aromatic N) is 2. The number of aromatic amines is 1. The molecule has 2 rings (SSSR count). The Kier molecular flexibility index (Phi) is 3.97. The summed E-state index contributed by atoms with van der Waals surface area (Å²) in [6.45, 7) is 2.59. The Morgan fingerprint density at radius 3 is 2.95 bits per heavy atom. The third-order valence-corrected chi connectivity index (χ3v) is 2.51. The molecule has 0 radical (unpaired) electrons. The number of nitro benzene ring substituents is 1. The van der Waals surface area contributed by atoms with Crippen molar-refractivity contribution in [2.45, 2.75) is 13.5 Å². The molecule has 7 heteroatoms. The van der Waals surface area contributed by atoms with Gasteiger partial charge in [-0.25, -0.2) is 0 Å². The number of benzene rings is 1. The molecular formula is C12H14N4O3. The van der Waals surface area contributed by atoms with Gasteiger partial charge in [0.2, 0.25) is 0 Å². The summed E-state index contributed by atoms with van der Waals surface area (Å²) < 4.78 is 5.27. The number of hydrogen-bond donors (Lipinski definition) is 2. The highest BCUT2D eigenvalue weighted by Gasteiger charge is 2.20. The van der Waals surface area contributed by atoms with Gasteiger partial charge in [-0.1, -0.05) is 6.07 Å². The summed E-state index contributed by atoms with van der Waals surface area (Å²) in [6.07, 6.45) is 1.63. The van der Waals surface area contributed by atoms with Gasteiger partial charge in [0.25, 0.3) is 0 Å². The third kappa shape index (κ3) is 3.01. The number of ether oxygens (including phenoxy) is 1. The van der Waals surface area contributed by atoms with Crippen molar-refractivity contribution in [2.75, 3.05) is 11.9 Å². The fourth-order valence-corrected chi connectivity index (χ4v) is 1.70. The Hall–Kier alpha value is -2.57. The molecule has 0 spiro atoms. The topological polar surface area (TPSA) is 93.1 Å². The largest absolute Gasteiger partial charge is 0.487 e. The smallest absolute Gasteiger partial charge is 0.333 e. The van der Waals surface area contributed by atoms with Crippen LogP contribution in [-0.4, -0.2) is 21.7 Å². The molecular weight excluding hydrogens is 248 g/mol. The molecule has 0 aliphatic heterocycles. The van der Waals surface area contributed by atoms with Gasteiger partial charge in [0, 0.05) is 6.20 Å². The molecule has 2 aromatic rings. The average molecular weight is 262 g/mol. The highest BCUT2D eigenvalue weighted by molar-refractivity contribution is 5.68. The van der Waals surface area contributed by atoms with Crippen molar-refractivity contribution < 1.29 is 9.66 Å². The Balaban J connectivity index is 2.23. The molecule has 1 aromatic carbocycles. The van der Waals surface area contributed by atoms with Crippen molar-refractivity contribution in [2.24, 2.45) is 0 Å². The lowest BCUT2D eigenvalue weighted by molar-refractivity contribution is -0.384. The Labute approximate surface area is 109 Å². The second kappa shape index (κ2) is 5.85. The molecule has 0 saturated heterocycles. The molecule has 0 atom stereocenters. The first-order chi connectivity index (χ1) is 9.22. The van der Waals surface area contributed by atoms with Crippen LogP contribution in [0, 0.1) is 10.1 Å². The number of nitrogens with one attached hydrogen (secondary N) is 2. The van der Waals surface area contributed by atoms with Gasteiger partial charge in [-0.2, -0.15) is 5.10 Å². The second-order valence-corrected chi connectivity index (χ2v) is 3.78. The van der Waals surface area contributed by atoms with Crippen molar-refractivity contribution in [1.82, 2.24) is 10.2 Å². The number of rotatable bonds is 6. The minimum Gasteiger partial charge on any atom is -0.487 e. The van der Waals surface area contributed by atoms with Gasteiger partial charge in [-0.3, -0.25) is 15.2 Å². The summed E-state index contributed by atoms with van der Waals surface area (Å²) in [5.41, 5.74) is 1.21. The van der Waals surface area contributed by atoms with Crippen LogP contribution >= 0.6 is 0 Å². The van der Waals surface area contributed by atoms with Gasteiger partial charge < -0.3 is 10.1 Å². The monoisotopic (exact) mass is 262 g/mol. The van der Waals surface area contributed by atoms with E-state index in [2.05, 4.69) is 15.5 Å². The van der Waals surface area contributed by atoms with Crippen LogP contribution < -0.4 is 10.1 Å². The van der Waals surface area contributed by atoms with E-state index in [4.69, 9.17) is 4.74 Å². The Morgan fingerprint density at radius 2 is 2.32 bits per heavy atom. The lowest BCUT2D eigenvalue weighted by Gasteiger charge is -2.09. The Bertz CT molecular complexity index is 554. The average Bonchev–Trinajstić information content (AvgIpc) is 2.89. The maximum Gasteiger partial charge on any atom is 0.333 e. The first-order valence-corrected chi connectivity index (χ1v) is 5.84. The maximum atomic E-state index is 11.1. The van der Waals surface area contributed by atoms with Gasteiger partial charge in [0.05, 0.1) is 23.8 Å². The van der Waals surface area contributed by atoms with Crippen molar-refractivity contribution in [3.05, 3.63) is 46.3 Å². The van der Waals surface area contributed by atoms with Crippen LogP contribution in [0.4, 0.5) is 11.4 Å². The van der Waals surface area contributed by atoms with E-state index in [9.17, 15) is 10.1 Å². The number of hydrogen-bond acceptors (Lipinski definition) is 5. The zero-order valence-electron chi connectivity index (χ0n) is 10.4. The summed E-state index contributed by atoms with van der Waals surface area (Å²) in [7, 11) is 0. The predicted molar refractivity (Wildman–Crippen MR) is 70.2 cm³/mol. The third-order valence-electron chi connectivity index (χ3n) is 2.51. The zero-order chi connectivity index (χ0) is 13.7. The number of aromatic nitrogens is 2. The lowest BCUT2D eigenvalue weighted by atomic mass is 10.2. The van der Waals surface area contributed by atoms with Crippen molar-refractivity contribution in [1.29, 1.82) is 0 Å². The normalized spacial score (nSPS) is 10.2. The fraction of sp³-hybridized carbons (Fsp3) is 0.250. The number of anilines is 1. The molecule has 100 valence electrons. The molecule has 7 nitrogen and oxygen atoms in total. The molecule has 0 fully saturated rings. The molecule has 0 bridgehead atoms. The second-order valence-electron chi connectivity index (χ2n) is 3.78. The molecule has 2 N–H and O–H groups in total. The van der Waals surface area contributed by atoms with E-state index in [0.29, 0.717) is 18.8 Å². The van der Waals surface area contributed by atoms with Gasteiger partial charge in [0.1, 0.15) is 5.69 Å². The number of H-pyrrole nitrogens is 1. The van der Waals surface area contributed by atoms with Crippen LogP contribution in [0.15, 0.2) is 30.5 Å². The molecule has 19 heavy (non-hydrogen) atoms. The van der Waals surface area contributed by atoms with Gasteiger partial charge in [0.15, 0.2) is 5.75 Å². The van der Waals surface area contributed by atoms with E-state index in [-0.39, 0.29) is 11.4 Å². The summed E-state index contributed by atoms with van der Waals surface area (Å²) in [5, 5.41) is 20.7. The SMILES string of the molecule is CCOc1cccc(NCc2ccn[nH]2)c1[N+](=O)[O-]. The number of nitro groups is 1. The van der Waals surface area contributed by atoms with E-state index in [1.165, 1.54) is 0 Å². The summed E-state index contributed by atoms with van der Waals surface area (Å²) in [5.74, 6) is 0.266. The fourth-order valence-electron chi connectivity index (χ4n) is 1.70. The molecule has 0 saturated carbocycles. The number of para-hydroxylation sites is 1. The first kappa shape index (κ1) is 12.9. The Morgan fingerprint density at radius 1 is 1.47 bits per heavy atom. The molecule has 1 heterocycles. The summed E-state index contributed by atoms with van der Waals surface area (Å²) in [6, 6.07) is 6.75. The zero-order valence-corrected chi connectivity index (χ0v) is 10.4. The van der Waals surface area contributed by atoms with Gasteiger partial charge in [-0.15, -0.1) is 0 Å². The minimum atomic E-state index is -0.444. The molecule has 0 aliphatic rings. The molecule has 0 amide bonds. The van der Waals surface area contributed by atoms with E-state index in [0.717, 1.165) is 5.69 Å². The van der Waals surface area contributed by atoms with Crippen LogP contribution in [0.1, 0.15) is 12.6 Å². The van der Waals surface area contributed by atoms with Crippen molar-refractivity contribution >= 4 is 11.4 Å². The minimum absolute atomic E-state index is 0.0520. The van der Waals surface area contributed by atoms with E-state index >= 15 is 0 Å². The van der Waals surface area contributed by atoms with Crippen LogP contribution in [0.25, 0.3) is 0 Å². The van der Waals surface area contributed by atoms with Crippen molar-refractivity contribution in [3.63, 3.8) is 0 Å². The van der Waals surface area contributed by atoms with Gasteiger partial charge >= 0.3 is 5.69 Å². The highest BCUT2D eigenvalue weighted by atomic mass is 16.6. The maximum absolute atomic E-state index is 11.1. The molecule has 0 aliphatic carbocycles. The van der Waals surface area contributed by atoms with Crippen LogP contribution in [0.3, 0.4) is 0 Å². The van der Waals surface area contributed by atoms with Crippen LogP contribution in [-0.2, 0) is 6.54 Å². The quantitative estimate of drug-likeness (QED) is 0.615. The lowest BCUT2D eigenvalue weighted by Crippen LogP contribution is -2.05. The van der Waals surface area contributed by atoms with E-state index < -0.39 is 4.92 Å². The molecule has 1 aromatic heterocycles. The summed E-state index contributed by atoms with van der Waals surface area (Å²) in [4.78, 5) is 10.7. The standard InChI is InChI=1S/C12H14N4O3/c1-2-19-11-5-3-4-10(12(11)16(17)18)13-8-9-6-7-14-15-9/h3-7,13H,2,8H2,1H3,(H,14,15). The highest BCUT2D eigenvalue weighted by Crippen LogP contribution is 2.34. The van der Waals surface area contributed by atoms with E-state index in [1.54, 1.807) is 37.4 Å². The molecule has 0 unspecified atom stereocenters.